The lowest BCUT2D eigenvalue weighted by atomic mass is 9.79. The third-order valence-corrected chi connectivity index (χ3v) is 7.89. The van der Waals surface area contributed by atoms with Crippen molar-refractivity contribution in [1.29, 1.82) is 0 Å². The monoisotopic (exact) mass is 434 g/mol. The Morgan fingerprint density at radius 2 is 1.72 bits per heavy atom. The van der Waals surface area contributed by atoms with Gasteiger partial charge < -0.3 is 0 Å². The van der Waals surface area contributed by atoms with Gasteiger partial charge in [0.2, 0.25) is 0 Å². The Kier molecular flexibility index (Phi) is 4.28. The Morgan fingerprint density at radius 3 is 2.56 bits per heavy atom. The molecule has 0 saturated carbocycles. The van der Waals surface area contributed by atoms with Crippen LogP contribution in [0.25, 0.3) is 42.8 Å². The van der Waals surface area contributed by atoms with Crippen molar-refractivity contribution in [1.82, 2.24) is 9.97 Å². The largest absolute Gasteiger partial charge is 0.236 e. The number of fused-ring (bicyclic) bond motifs is 6. The van der Waals surface area contributed by atoms with Crippen LogP contribution >= 0.6 is 11.3 Å². The van der Waals surface area contributed by atoms with Gasteiger partial charge in [-0.05, 0) is 58.2 Å². The van der Waals surface area contributed by atoms with Crippen LogP contribution in [0.4, 0.5) is 0 Å². The van der Waals surface area contributed by atoms with Crippen molar-refractivity contribution in [2.45, 2.75) is 39.5 Å². The van der Waals surface area contributed by atoms with Gasteiger partial charge in [-0.1, -0.05) is 70.2 Å². The molecule has 2 nitrogen and oxygen atoms in total. The van der Waals surface area contributed by atoms with Crippen molar-refractivity contribution < 1.29 is 0 Å². The summed E-state index contributed by atoms with van der Waals surface area (Å²) in [6.07, 6.45) is 3.07. The summed E-state index contributed by atoms with van der Waals surface area (Å²) >= 11 is 1.90. The van der Waals surface area contributed by atoms with E-state index in [0.29, 0.717) is 5.92 Å². The van der Waals surface area contributed by atoms with Gasteiger partial charge in [-0.15, -0.1) is 11.3 Å². The Labute approximate surface area is 193 Å². The maximum Gasteiger partial charge on any atom is 0.160 e. The highest BCUT2D eigenvalue weighted by Crippen LogP contribution is 2.57. The molecule has 6 rings (SSSR count). The van der Waals surface area contributed by atoms with Crippen LogP contribution < -0.4 is 0 Å². The molecular weight excluding hydrogens is 408 g/mol. The molecule has 0 bridgehead atoms. The van der Waals surface area contributed by atoms with E-state index in [4.69, 9.17) is 9.97 Å². The summed E-state index contributed by atoms with van der Waals surface area (Å²) in [6.45, 7) is 9.20. The number of thiophene rings is 1. The first-order valence-corrected chi connectivity index (χ1v) is 12.2. The van der Waals surface area contributed by atoms with Crippen LogP contribution in [0.2, 0.25) is 0 Å². The summed E-state index contributed by atoms with van der Waals surface area (Å²) in [4.78, 5) is 11.2. The van der Waals surface area contributed by atoms with E-state index in [1.807, 2.05) is 17.5 Å². The fraction of sp³-hybridized carbons (Fsp3) is 0.241. The highest BCUT2D eigenvalue weighted by molar-refractivity contribution is 7.22. The van der Waals surface area contributed by atoms with Gasteiger partial charge in [0.25, 0.3) is 0 Å². The fourth-order valence-electron chi connectivity index (χ4n) is 5.39. The number of nitrogens with zero attached hydrogens (tertiary/aromatic N) is 2. The minimum Gasteiger partial charge on any atom is -0.236 e. The second kappa shape index (κ2) is 6.98. The van der Waals surface area contributed by atoms with Gasteiger partial charge in [0.1, 0.15) is 0 Å². The van der Waals surface area contributed by atoms with Crippen LogP contribution in [0.5, 0.6) is 0 Å². The van der Waals surface area contributed by atoms with Crippen LogP contribution in [0.15, 0.2) is 66.9 Å². The summed E-state index contributed by atoms with van der Waals surface area (Å²) in [5, 5.41) is 2.49. The third kappa shape index (κ3) is 2.84. The molecule has 0 saturated heterocycles. The molecule has 0 amide bonds. The molecule has 158 valence electrons. The molecule has 0 aliphatic heterocycles. The van der Waals surface area contributed by atoms with Crippen LogP contribution in [0.1, 0.15) is 44.4 Å². The second-order valence-corrected chi connectivity index (χ2v) is 10.9. The van der Waals surface area contributed by atoms with E-state index in [9.17, 15) is 0 Å². The highest BCUT2D eigenvalue weighted by Gasteiger charge is 2.40. The van der Waals surface area contributed by atoms with E-state index in [0.717, 1.165) is 28.7 Å². The first-order valence-electron chi connectivity index (χ1n) is 11.4. The molecule has 5 aromatic rings. The third-order valence-electron chi connectivity index (χ3n) is 6.68. The van der Waals surface area contributed by atoms with Crippen molar-refractivity contribution in [2.75, 3.05) is 0 Å². The summed E-state index contributed by atoms with van der Waals surface area (Å²) in [5.41, 5.74) is 7.54. The lowest BCUT2D eigenvalue weighted by molar-refractivity contribution is 0.648. The minimum absolute atomic E-state index is 0.0969. The van der Waals surface area contributed by atoms with Gasteiger partial charge in [0.15, 0.2) is 5.82 Å². The average Bonchev–Trinajstić information content (AvgIpc) is 3.27. The zero-order chi connectivity index (χ0) is 22.0. The van der Waals surface area contributed by atoms with Gasteiger partial charge in [-0.2, -0.15) is 0 Å². The topological polar surface area (TPSA) is 25.8 Å². The SMILES string of the molecule is CC(C)Cc1ccc2nc(-c3cccc4c3C(C)(C)c3c-4sc4ccccc34)ncc2c1. The molecule has 0 fully saturated rings. The lowest BCUT2D eigenvalue weighted by Crippen LogP contribution is -2.16. The van der Waals surface area contributed by atoms with Gasteiger partial charge in [-0.25, -0.2) is 9.97 Å². The van der Waals surface area contributed by atoms with Gasteiger partial charge in [-0.3, -0.25) is 0 Å². The van der Waals surface area contributed by atoms with Crippen molar-refractivity contribution in [3.05, 3.63) is 83.6 Å². The summed E-state index contributed by atoms with van der Waals surface area (Å²) in [7, 11) is 0. The summed E-state index contributed by atoms with van der Waals surface area (Å²) in [5.74, 6) is 1.46. The van der Waals surface area contributed by atoms with Crippen molar-refractivity contribution in [3.8, 4) is 21.8 Å². The number of rotatable bonds is 3. The molecular formula is C29H26N2S. The lowest BCUT2D eigenvalue weighted by Gasteiger charge is -2.24. The molecule has 3 aromatic carbocycles. The summed E-state index contributed by atoms with van der Waals surface area (Å²) < 4.78 is 1.36. The molecule has 0 unspecified atom stereocenters. The fourth-order valence-corrected chi connectivity index (χ4v) is 6.79. The number of hydrogen-bond donors (Lipinski definition) is 0. The van der Waals surface area contributed by atoms with Gasteiger partial charge in [0, 0.05) is 32.1 Å². The zero-order valence-electron chi connectivity index (χ0n) is 18.9. The summed E-state index contributed by atoms with van der Waals surface area (Å²) in [6, 6.07) is 22.0. The Balaban J connectivity index is 1.52. The van der Waals surface area contributed by atoms with E-state index in [2.05, 4.69) is 88.4 Å². The Bertz CT molecular complexity index is 1510. The van der Waals surface area contributed by atoms with E-state index in [-0.39, 0.29) is 5.41 Å². The van der Waals surface area contributed by atoms with Crippen LogP contribution in [-0.4, -0.2) is 9.97 Å². The highest BCUT2D eigenvalue weighted by atomic mass is 32.1. The van der Waals surface area contributed by atoms with E-state index >= 15 is 0 Å². The van der Waals surface area contributed by atoms with Crippen LogP contribution in [0, 0.1) is 5.92 Å². The Morgan fingerprint density at radius 1 is 0.906 bits per heavy atom. The number of benzene rings is 3. The quantitative estimate of drug-likeness (QED) is 0.287. The van der Waals surface area contributed by atoms with Gasteiger partial charge >= 0.3 is 0 Å². The second-order valence-electron chi connectivity index (χ2n) is 9.84. The predicted octanol–water partition coefficient (Wildman–Crippen LogP) is 8.02. The number of aromatic nitrogens is 2. The van der Waals surface area contributed by atoms with E-state index < -0.39 is 0 Å². The first kappa shape index (κ1) is 19.6. The maximum absolute atomic E-state index is 5.01. The molecule has 3 heteroatoms. The number of hydrogen-bond acceptors (Lipinski definition) is 3. The average molecular weight is 435 g/mol. The normalized spacial score (nSPS) is 14.3. The van der Waals surface area contributed by atoms with Crippen molar-refractivity contribution in [3.63, 3.8) is 0 Å². The Hall–Kier alpha value is -3.04. The van der Waals surface area contributed by atoms with Crippen LogP contribution in [0.3, 0.4) is 0 Å². The molecule has 0 N–H and O–H groups in total. The molecule has 1 aliphatic rings. The van der Waals surface area contributed by atoms with Crippen LogP contribution in [-0.2, 0) is 11.8 Å². The minimum atomic E-state index is -0.0969. The maximum atomic E-state index is 5.01. The molecule has 0 spiro atoms. The molecule has 1 aliphatic carbocycles. The first-order chi connectivity index (χ1) is 15.4. The smallest absolute Gasteiger partial charge is 0.160 e. The van der Waals surface area contributed by atoms with Gasteiger partial charge in [0.05, 0.1) is 5.52 Å². The van der Waals surface area contributed by atoms with Crippen molar-refractivity contribution >= 4 is 32.3 Å². The molecule has 0 radical (unpaired) electrons. The van der Waals surface area contributed by atoms with Crippen molar-refractivity contribution in [2.24, 2.45) is 5.92 Å². The predicted molar refractivity (Wildman–Crippen MR) is 136 cm³/mol. The molecule has 0 atom stereocenters. The van der Waals surface area contributed by atoms with E-state index in [1.54, 1.807) is 0 Å². The standard InChI is InChI=1S/C29H26N2S/c1-17(2)14-18-12-13-23-19(15-18)16-30-28(31-23)22-10-7-9-21-25(22)29(3,4)26-20-8-5-6-11-24(20)32-27(21)26/h5-13,15-17H,14H2,1-4H3. The zero-order valence-corrected chi connectivity index (χ0v) is 19.8. The van der Waals surface area contributed by atoms with E-state index in [1.165, 1.54) is 37.2 Å². The molecule has 2 heterocycles. The molecule has 2 aromatic heterocycles. The molecule has 32 heavy (non-hydrogen) atoms.